The van der Waals surface area contributed by atoms with Gasteiger partial charge in [-0.1, -0.05) is 91.0 Å². The number of para-hydroxylation sites is 4. The highest BCUT2D eigenvalue weighted by Crippen LogP contribution is 2.53. The van der Waals surface area contributed by atoms with Crippen LogP contribution in [0.2, 0.25) is 0 Å². The Balaban J connectivity index is 1.25. The highest BCUT2D eigenvalue weighted by Gasteiger charge is 2.33. The number of thiophene rings is 1. The highest BCUT2D eigenvalue weighted by atomic mass is 32.1. The monoisotopic (exact) mass is 972 g/mol. The van der Waals surface area contributed by atoms with E-state index >= 15 is 0 Å². The van der Waals surface area contributed by atoms with Crippen LogP contribution in [-0.4, -0.2) is 29.1 Å². The Bertz CT molecular complexity index is 4730. The number of hydrogen-bond donors (Lipinski definition) is 0. The molecule has 12 nitrogen and oxygen atoms in total. The molecule has 13 aromatic rings. The second-order valence-electron chi connectivity index (χ2n) is 17.6. The van der Waals surface area contributed by atoms with Crippen LogP contribution in [0, 0.1) is 68.0 Å². The first-order valence-electron chi connectivity index (χ1n) is 23.4. The molecule has 0 aliphatic carbocycles. The van der Waals surface area contributed by atoms with Crippen LogP contribution in [0.15, 0.2) is 170 Å². The molecule has 0 fully saturated rings. The molecule has 0 N–H and O–H groups in total. The number of nitrogens with zero attached hydrogens (tertiary/aromatic N) is 12. The van der Waals surface area contributed by atoms with Gasteiger partial charge in [-0.25, -0.2) is 19.9 Å². The lowest BCUT2D eigenvalue weighted by Crippen LogP contribution is -2.09. The minimum Gasteiger partial charge on any atom is -0.308 e. The average Bonchev–Trinajstić information content (AvgIpc) is 4.24. The van der Waals surface area contributed by atoms with E-state index in [0.717, 1.165) is 75.2 Å². The third-order valence-corrected chi connectivity index (χ3v) is 14.9. The predicted molar refractivity (Wildman–Crippen MR) is 289 cm³/mol. The van der Waals surface area contributed by atoms with E-state index in [1.807, 2.05) is 60.7 Å². The van der Waals surface area contributed by atoms with Crippen molar-refractivity contribution < 1.29 is 0 Å². The maximum atomic E-state index is 10.4. The third-order valence-electron chi connectivity index (χ3n) is 13.7. The minimum atomic E-state index is 0.128. The van der Waals surface area contributed by atoms with Gasteiger partial charge in [0.1, 0.15) is 0 Å². The molecule has 0 saturated heterocycles. The number of aromatic nitrogens is 6. The number of hydrogen-bond acceptors (Lipinski definition) is 11. The molecule has 0 aliphatic heterocycles. The molecular formula is C62H28N12S. The van der Waals surface area contributed by atoms with E-state index in [1.54, 1.807) is 36.1 Å². The highest BCUT2D eigenvalue weighted by molar-refractivity contribution is 7.26. The molecule has 0 radical (unpaired) electrons. The topological polar surface area (TPSA) is 204 Å². The van der Waals surface area contributed by atoms with Crippen LogP contribution >= 0.6 is 11.3 Å². The third kappa shape index (κ3) is 6.55. The molecule has 0 bridgehead atoms. The summed E-state index contributed by atoms with van der Waals surface area (Å²) in [5, 5.41) is 67.0. The Morgan fingerprint density at radius 3 is 1.07 bits per heavy atom. The van der Waals surface area contributed by atoms with Crippen molar-refractivity contribution in [1.82, 2.24) is 29.1 Å². The van der Waals surface area contributed by atoms with E-state index < -0.39 is 0 Å². The fourth-order valence-corrected chi connectivity index (χ4v) is 11.9. The Hall–Kier alpha value is -11.3. The first-order valence-corrected chi connectivity index (χ1v) is 24.2. The lowest BCUT2D eigenvalue weighted by Gasteiger charge is -2.23. The van der Waals surface area contributed by atoms with Gasteiger partial charge in [0.25, 0.3) is 0 Å². The van der Waals surface area contributed by atoms with Crippen molar-refractivity contribution in [2.75, 3.05) is 0 Å². The molecule has 0 atom stereocenters. The molecule has 5 aromatic heterocycles. The van der Waals surface area contributed by atoms with Crippen LogP contribution in [0.5, 0.6) is 0 Å². The Kier molecular flexibility index (Phi) is 10.0. The lowest BCUT2D eigenvalue weighted by atomic mass is 9.93. The van der Waals surface area contributed by atoms with Crippen molar-refractivity contribution in [3.05, 3.63) is 204 Å². The van der Waals surface area contributed by atoms with Gasteiger partial charge in [0, 0.05) is 84.1 Å². The van der Waals surface area contributed by atoms with Crippen molar-refractivity contribution in [2.24, 2.45) is 0 Å². The standard InChI is InChI=1S/C62H28N12S/c63-25-35-21-37(27-65)53(38(22-35)28-66)41-31-69-61(70-32-41)56-57(62-71-33-42(34-72-62)54-39(29-67)23-36(26-64)24-40(54)30-68)59(74-50-18-8-3-13-45(50)46-14-4-9-19-51(46)74)60-55(47-15-5-10-20-52(47)75-60)58(56)73-48-16-6-1-11-43(48)44-12-2-7-17-49(44)73/h1-24,31-34H. The molecule has 75 heavy (non-hydrogen) atoms. The summed E-state index contributed by atoms with van der Waals surface area (Å²) in [6, 6.07) is 60.0. The molecule has 0 saturated carbocycles. The Morgan fingerprint density at radius 1 is 0.360 bits per heavy atom. The molecule has 13 heteroatoms. The van der Waals surface area contributed by atoms with E-state index in [1.165, 1.54) is 24.3 Å². The van der Waals surface area contributed by atoms with Gasteiger partial charge < -0.3 is 9.13 Å². The average molecular weight is 973 g/mol. The van der Waals surface area contributed by atoms with Crippen LogP contribution in [0.25, 0.3) is 120 Å². The fraction of sp³-hybridized carbons (Fsp3) is 0. The predicted octanol–water partition coefficient (Wildman–Crippen LogP) is 13.7. The summed E-state index contributed by atoms with van der Waals surface area (Å²) < 4.78 is 6.47. The van der Waals surface area contributed by atoms with Crippen LogP contribution in [0.4, 0.5) is 0 Å². The summed E-state index contributed by atoms with van der Waals surface area (Å²) in [4.78, 5) is 20.8. The molecule has 8 aromatic carbocycles. The second kappa shape index (κ2) is 17.2. The van der Waals surface area contributed by atoms with Crippen LogP contribution < -0.4 is 0 Å². The molecule has 0 unspecified atom stereocenters. The summed E-state index contributed by atoms with van der Waals surface area (Å²) in [5.74, 6) is 0.546. The maximum absolute atomic E-state index is 10.4. The first kappa shape index (κ1) is 43.7. The molecular weight excluding hydrogens is 945 g/mol. The molecule has 0 spiro atoms. The van der Waals surface area contributed by atoms with Gasteiger partial charge in [0.05, 0.1) is 119 Å². The first-order chi connectivity index (χ1) is 37.0. The van der Waals surface area contributed by atoms with Crippen molar-refractivity contribution >= 4 is 75.1 Å². The van der Waals surface area contributed by atoms with E-state index in [-0.39, 0.29) is 45.0 Å². The quantitative estimate of drug-likeness (QED) is 0.154. The summed E-state index contributed by atoms with van der Waals surface area (Å²) in [6.45, 7) is 0. The zero-order valence-electron chi connectivity index (χ0n) is 38.9. The van der Waals surface area contributed by atoms with E-state index in [9.17, 15) is 31.6 Å². The van der Waals surface area contributed by atoms with Crippen molar-refractivity contribution in [1.29, 1.82) is 31.6 Å². The van der Waals surface area contributed by atoms with Gasteiger partial charge in [-0.2, -0.15) is 31.6 Å². The van der Waals surface area contributed by atoms with Gasteiger partial charge in [-0.3, -0.25) is 0 Å². The zero-order chi connectivity index (χ0) is 50.9. The van der Waals surface area contributed by atoms with E-state index in [0.29, 0.717) is 33.4 Å². The van der Waals surface area contributed by atoms with Gasteiger partial charge in [-0.05, 0) is 54.6 Å². The molecule has 13 rings (SSSR count). The van der Waals surface area contributed by atoms with Crippen molar-refractivity contribution in [3.8, 4) is 92.8 Å². The van der Waals surface area contributed by atoms with Gasteiger partial charge in [0.2, 0.25) is 0 Å². The number of rotatable bonds is 6. The van der Waals surface area contributed by atoms with Crippen LogP contribution in [-0.2, 0) is 0 Å². The number of nitriles is 6. The van der Waals surface area contributed by atoms with Gasteiger partial charge in [-0.15, -0.1) is 11.3 Å². The SMILES string of the molecule is N#Cc1cc(C#N)c(-c2cnc(-c3c(-c4ncc(-c5c(C#N)cc(C#N)cc5C#N)cn4)c(-n4c5ccccc5c5ccccc54)c4c(sc5ccccc54)c3-n3c4ccccc4c4ccccc43)nc2)c(C#N)c1. The van der Waals surface area contributed by atoms with Crippen molar-refractivity contribution in [3.63, 3.8) is 0 Å². The summed E-state index contributed by atoms with van der Waals surface area (Å²) >= 11 is 1.65. The molecule has 342 valence electrons. The van der Waals surface area contributed by atoms with Crippen LogP contribution in [0.1, 0.15) is 33.4 Å². The summed E-state index contributed by atoms with van der Waals surface area (Å²) in [6.07, 6.45) is 6.40. The number of benzene rings is 8. The van der Waals surface area contributed by atoms with E-state index in [2.05, 4.69) is 106 Å². The Morgan fingerprint density at radius 2 is 0.693 bits per heavy atom. The van der Waals surface area contributed by atoms with Crippen LogP contribution in [0.3, 0.4) is 0 Å². The van der Waals surface area contributed by atoms with Crippen molar-refractivity contribution in [2.45, 2.75) is 0 Å². The van der Waals surface area contributed by atoms with E-state index in [4.69, 9.17) is 19.9 Å². The second-order valence-corrected chi connectivity index (χ2v) is 18.7. The lowest BCUT2D eigenvalue weighted by molar-refractivity contribution is 1.11. The molecule has 5 heterocycles. The maximum Gasteiger partial charge on any atom is 0.162 e. The Labute approximate surface area is 430 Å². The van der Waals surface area contributed by atoms with Gasteiger partial charge in [0.15, 0.2) is 11.6 Å². The van der Waals surface area contributed by atoms with Gasteiger partial charge >= 0.3 is 0 Å². The smallest absolute Gasteiger partial charge is 0.162 e. The molecule has 0 aliphatic rings. The number of fused-ring (bicyclic) bond motifs is 9. The zero-order valence-corrected chi connectivity index (χ0v) is 39.8. The fourth-order valence-electron chi connectivity index (χ4n) is 10.7. The normalized spacial score (nSPS) is 11.1. The summed E-state index contributed by atoms with van der Waals surface area (Å²) in [7, 11) is 0. The molecule has 0 amide bonds. The minimum absolute atomic E-state index is 0.128. The summed E-state index contributed by atoms with van der Waals surface area (Å²) in [5.41, 5.74) is 8.56. The largest absolute Gasteiger partial charge is 0.308 e.